The van der Waals surface area contributed by atoms with Gasteiger partial charge in [-0.25, -0.2) is 0 Å². The predicted molar refractivity (Wildman–Crippen MR) is 59.4 cm³/mol. The van der Waals surface area contributed by atoms with Crippen molar-refractivity contribution in [3.05, 3.63) is 0 Å². The molecule has 0 aromatic carbocycles. The Balaban J connectivity index is 0.00000121. The van der Waals surface area contributed by atoms with Crippen LogP contribution >= 0.6 is 24.0 Å². The van der Waals surface area contributed by atoms with Gasteiger partial charge in [-0.2, -0.15) is 0 Å². The zero-order chi connectivity index (χ0) is 8.27. The summed E-state index contributed by atoms with van der Waals surface area (Å²) in [5.74, 6) is 1.05. The molecule has 0 amide bonds. The van der Waals surface area contributed by atoms with Gasteiger partial charge in [0.15, 0.2) is 5.96 Å². The van der Waals surface area contributed by atoms with Crippen LogP contribution in [-0.2, 0) is 0 Å². The monoisotopic (exact) mass is 285 g/mol. The molecule has 0 radical (unpaired) electrons. The minimum atomic E-state index is 0. The van der Waals surface area contributed by atoms with Gasteiger partial charge in [-0.3, -0.25) is 4.99 Å². The lowest BCUT2D eigenvalue weighted by molar-refractivity contribution is 0.215. The highest BCUT2D eigenvalue weighted by atomic mass is 127. The number of aliphatic imine (C=N–C) groups is 1. The molecule has 0 saturated heterocycles. The van der Waals surface area contributed by atoms with E-state index >= 15 is 0 Å². The van der Waals surface area contributed by atoms with Crippen LogP contribution in [0.1, 0.15) is 12.8 Å². The molecule has 5 heteroatoms. The number of hydrogen-bond acceptors (Lipinski definition) is 2. The number of halogens is 1. The molecule has 1 atom stereocenters. The van der Waals surface area contributed by atoms with Gasteiger partial charge in [-0.05, 0) is 18.8 Å². The Morgan fingerprint density at radius 2 is 2.08 bits per heavy atom. The third-order valence-electron chi connectivity index (χ3n) is 2.03. The van der Waals surface area contributed by atoms with Gasteiger partial charge >= 0.3 is 0 Å². The van der Waals surface area contributed by atoms with Gasteiger partial charge in [0, 0.05) is 19.1 Å². The first-order valence-electron chi connectivity index (χ1n) is 3.90. The molecular weight excluding hydrogens is 269 g/mol. The summed E-state index contributed by atoms with van der Waals surface area (Å²) >= 11 is 0. The average molecular weight is 285 g/mol. The van der Waals surface area contributed by atoms with Gasteiger partial charge in [0.1, 0.15) is 0 Å². The van der Waals surface area contributed by atoms with E-state index in [9.17, 15) is 0 Å². The van der Waals surface area contributed by atoms with Crippen molar-refractivity contribution in [3.8, 4) is 0 Å². The topological polar surface area (TPSA) is 84.6 Å². The molecule has 0 heterocycles. The molecule has 5 N–H and O–H groups in total. The first kappa shape index (κ1) is 12.0. The maximum Gasteiger partial charge on any atom is 0.185 e. The van der Waals surface area contributed by atoms with Crippen LogP contribution < -0.4 is 11.5 Å². The number of rotatable bonds is 4. The first-order valence-corrected chi connectivity index (χ1v) is 3.90. The molecule has 4 nitrogen and oxygen atoms in total. The fraction of sp³-hybridized carbons (Fsp3) is 0.857. The van der Waals surface area contributed by atoms with Crippen LogP contribution in [0.2, 0.25) is 0 Å². The molecule has 0 bridgehead atoms. The van der Waals surface area contributed by atoms with Gasteiger partial charge in [0.2, 0.25) is 0 Å². The van der Waals surface area contributed by atoms with E-state index in [0.29, 0.717) is 12.5 Å². The van der Waals surface area contributed by atoms with E-state index in [-0.39, 0.29) is 42.5 Å². The Morgan fingerprint density at radius 1 is 1.50 bits per heavy atom. The second-order valence-corrected chi connectivity index (χ2v) is 3.05. The summed E-state index contributed by atoms with van der Waals surface area (Å²) < 4.78 is 0. The van der Waals surface area contributed by atoms with Crippen molar-refractivity contribution in [2.24, 2.45) is 28.3 Å². The lowest BCUT2D eigenvalue weighted by atomic mass is 10.1. The largest absolute Gasteiger partial charge is 0.396 e. The van der Waals surface area contributed by atoms with Gasteiger partial charge in [0.25, 0.3) is 0 Å². The molecule has 1 aliphatic carbocycles. The number of guanidine groups is 1. The lowest BCUT2D eigenvalue weighted by Crippen LogP contribution is -2.25. The predicted octanol–water partition coefficient (Wildman–Crippen LogP) is -0.104. The van der Waals surface area contributed by atoms with Crippen molar-refractivity contribution in [1.82, 2.24) is 0 Å². The highest BCUT2D eigenvalue weighted by molar-refractivity contribution is 14.0. The van der Waals surface area contributed by atoms with E-state index in [2.05, 4.69) is 4.99 Å². The molecule has 0 aromatic rings. The summed E-state index contributed by atoms with van der Waals surface area (Å²) in [5.41, 5.74) is 10.3. The Morgan fingerprint density at radius 3 is 2.42 bits per heavy atom. The second-order valence-electron chi connectivity index (χ2n) is 3.05. The summed E-state index contributed by atoms with van der Waals surface area (Å²) in [6, 6.07) is 0. The molecule has 0 aliphatic heterocycles. The van der Waals surface area contributed by atoms with Crippen LogP contribution in [0.4, 0.5) is 0 Å². The zero-order valence-electron chi connectivity index (χ0n) is 6.94. The van der Waals surface area contributed by atoms with E-state index in [1.807, 2.05) is 0 Å². The molecule has 72 valence electrons. The average Bonchev–Trinajstić information content (AvgIpc) is 2.72. The summed E-state index contributed by atoms with van der Waals surface area (Å²) in [4.78, 5) is 3.87. The standard InChI is InChI=1S/C7H15N3O.HI/c8-7(9)10-3-6(4-11)5-1-2-5;/h5-6,11H,1-4H2,(H4,8,9,10);1H. The Bertz CT molecular complexity index is 155. The number of nitrogens with zero attached hydrogens (tertiary/aromatic N) is 1. The van der Waals surface area contributed by atoms with Crippen molar-refractivity contribution in [3.63, 3.8) is 0 Å². The molecule has 1 saturated carbocycles. The normalized spacial score (nSPS) is 17.8. The van der Waals surface area contributed by atoms with Crippen LogP contribution in [0, 0.1) is 11.8 Å². The van der Waals surface area contributed by atoms with Gasteiger partial charge in [-0.15, -0.1) is 24.0 Å². The van der Waals surface area contributed by atoms with Crippen LogP contribution in [0.15, 0.2) is 4.99 Å². The molecular formula is C7H16IN3O. The molecule has 1 rings (SSSR count). The second kappa shape index (κ2) is 5.58. The smallest absolute Gasteiger partial charge is 0.185 e. The first-order chi connectivity index (χ1) is 5.24. The molecule has 1 aliphatic rings. The Hall–Kier alpha value is -0.0400. The van der Waals surface area contributed by atoms with Crippen LogP contribution in [0.3, 0.4) is 0 Å². The number of hydrogen-bond donors (Lipinski definition) is 3. The summed E-state index contributed by atoms with van der Waals surface area (Å²) in [6.45, 7) is 0.769. The van der Waals surface area contributed by atoms with Crippen molar-refractivity contribution in [2.75, 3.05) is 13.2 Å². The molecule has 12 heavy (non-hydrogen) atoms. The van der Waals surface area contributed by atoms with E-state index < -0.39 is 0 Å². The Kier molecular flexibility index (Phi) is 5.56. The SMILES string of the molecule is I.NC(N)=NCC(CO)C1CC1. The maximum atomic E-state index is 8.90. The zero-order valence-corrected chi connectivity index (χ0v) is 9.27. The molecule has 0 aromatic heterocycles. The fourth-order valence-corrected chi connectivity index (χ4v) is 1.15. The molecule has 0 spiro atoms. The van der Waals surface area contributed by atoms with Crippen molar-refractivity contribution >= 4 is 29.9 Å². The summed E-state index contributed by atoms with van der Waals surface area (Å²) in [6.07, 6.45) is 2.43. The Labute approximate surface area is 89.4 Å². The summed E-state index contributed by atoms with van der Waals surface area (Å²) in [5, 5.41) is 8.90. The van der Waals surface area contributed by atoms with Crippen LogP contribution in [0.25, 0.3) is 0 Å². The van der Waals surface area contributed by atoms with Gasteiger partial charge < -0.3 is 16.6 Å². The molecule has 1 unspecified atom stereocenters. The summed E-state index contributed by atoms with van der Waals surface area (Å²) in [7, 11) is 0. The third-order valence-corrected chi connectivity index (χ3v) is 2.03. The van der Waals surface area contributed by atoms with Crippen molar-refractivity contribution in [2.45, 2.75) is 12.8 Å². The van der Waals surface area contributed by atoms with Crippen LogP contribution in [-0.4, -0.2) is 24.2 Å². The highest BCUT2D eigenvalue weighted by Crippen LogP contribution is 2.36. The van der Waals surface area contributed by atoms with Gasteiger partial charge in [-0.1, -0.05) is 0 Å². The van der Waals surface area contributed by atoms with E-state index in [4.69, 9.17) is 16.6 Å². The van der Waals surface area contributed by atoms with Gasteiger partial charge in [0.05, 0.1) is 0 Å². The molecule has 1 fully saturated rings. The quantitative estimate of drug-likeness (QED) is 0.383. The van der Waals surface area contributed by atoms with Crippen molar-refractivity contribution in [1.29, 1.82) is 0 Å². The minimum Gasteiger partial charge on any atom is -0.396 e. The van der Waals surface area contributed by atoms with E-state index in [1.54, 1.807) is 0 Å². The number of aliphatic hydroxyl groups excluding tert-OH is 1. The maximum absolute atomic E-state index is 8.90. The van der Waals surface area contributed by atoms with Crippen molar-refractivity contribution < 1.29 is 5.11 Å². The lowest BCUT2D eigenvalue weighted by Gasteiger charge is -2.08. The fourth-order valence-electron chi connectivity index (χ4n) is 1.15. The number of aliphatic hydroxyl groups is 1. The van der Waals surface area contributed by atoms with Crippen LogP contribution in [0.5, 0.6) is 0 Å². The third kappa shape index (κ3) is 4.10. The minimum absolute atomic E-state index is 0. The number of nitrogens with two attached hydrogens (primary N) is 2. The highest BCUT2D eigenvalue weighted by Gasteiger charge is 2.30. The van der Waals surface area contributed by atoms with E-state index in [0.717, 1.165) is 0 Å². The van der Waals surface area contributed by atoms with E-state index in [1.165, 1.54) is 12.8 Å².